The Balaban J connectivity index is 1.56. The van der Waals surface area contributed by atoms with Gasteiger partial charge in [0, 0.05) is 19.6 Å². The van der Waals surface area contributed by atoms with Crippen molar-refractivity contribution in [2.45, 2.75) is 30.7 Å². The molecule has 2 heterocycles. The van der Waals surface area contributed by atoms with Crippen molar-refractivity contribution in [3.05, 3.63) is 47.7 Å². The van der Waals surface area contributed by atoms with Gasteiger partial charge in [0.05, 0.1) is 24.5 Å². The molecular weight excluding hydrogens is 434 g/mol. The molecule has 1 fully saturated rings. The van der Waals surface area contributed by atoms with Crippen molar-refractivity contribution in [3.63, 3.8) is 0 Å². The monoisotopic (exact) mass is 459 g/mol. The number of hydrogen-bond acceptors (Lipinski definition) is 7. The number of fused-ring (bicyclic) bond motifs is 1. The van der Waals surface area contributed by atoms with Crippen molar-refractivity contribution in [1.29, 1.82) is 0 Å². The zero-order chi connectivity index (χ0) is 22.7. The minimum atomic E-state index is -3.85. The zero-order valence-electron chi connectivity index (χ0n) is 18.0. The lowest BCUT2D eigenvalue weighted by Gasteiger charge is -2.25. The molecule has 1 aliphatic heterocycles. The van der Waals surface area contributed by atoms with Crippen LogP contribution in [0.1, 0.15) is 35.3 Å². The molecule has 0 radical (unpaired) electrons. The number of hydrogen-bond donors (Lipinski definition) is 1. The standard InChI is InChI=1S/C22H25N3O6S/c1-29-19-8-6-15(12-20(19)30-2)14-23-32(27,28)16-7-9-18-17(13-16)21(24-31-18)22(26)25-10-4-3-5-11-25/h6-9,12-13,23H,3-5,10-11,14H2,1-2H3. The molecule has 2 aromatic carbocycles. The summed E-state index contributed by atoms with van der Waals surface area (Å²) >= 11 is 0. The number of likely N-dealkylation sites (tertiary alicyclic amines) is 1. The van der Waals surface area contributed by atoms with E-state index in [-0.39, 0.29) is 23.0 Å². The van der Waals surface area contributed by atoms with Gasteiger partial charge >= 0.3 is 0 Å². The summed E-state index contributed by atoms with van der Waals surface area (Å²) in [5.74, 6) is 0.829. The first-order valence-corrected chi connectivity index (χ1v) is 11.8. The second-order valence-electron chi connectivity index (χ2n) is 7.56. The molecule has 0 saturated carbocycles. The van der Waals surface area contributed by atoms with Crippen molar-refractivity contribution in [3.8, 4) is 11.5 Å². The first-order valence-electron chi connectivity index (χ1n) is 10.3. The molecule has 9 nitrogen and oxygen atoms in total. The predicted molar refractivity (Wildman–Crippen MR) is 117 cm³/mol. The molecule has 4 rings (SSSR count). The van der Waals surface area contributed by atoms with Crippen LogP contribution in [0.3, 0.4) is 0 Å². The molecule has 0 unspecified atom stereocenters. The van der Waals surface area contributed by atoms with Gasteiger partial charge in [-0.15, -0.1) is 0 Å². The molecule has 1 aliphatic rings. The maximum Gasteiger partial charge on any atom is 0.276 e. The molecule has 1 amide bonds. The highest BCUT2D eigenvalue weighted by molar-refractivity contribution is 7.89. The number of nitrogens with one attached hydrogen (secondary N) is 1. The minimum absolute atomic E-state index is 0.0290. The van der Waals surface area contributed by atoms with Gasteiger partial charge in [0.25, 0.3) is 5.91 Å². The van der Waals surface area contributed by atoms with E-state index < -0.39 is 10.0 Å². The molecular formula is C22H25N3O6S. The maximum atomic E-state index is 12.9. The molecule has 3 aromatic rings. The molecule has 32 heavy (non-hydrogen) atoms. The molecule has 0 aliphatic carbocycles. The average molecular weight is 460 g/mol. The van der Waals surface area contributed by atoms with Gasteiger partial charge in [0.15, 0.2) is 22.8 Å². The van der Waals surface area contributed by atoms with Gasteiger partial charge in [-0.05, 0) is 55.2 Å². The van der Waals surface area contributed by atoms with Gasteiger partial charge in [-0.25, -0.2) is 13.1 Å². The number of methoxy groups -OCH3 is 2. The van der Waals surface area contributed by atoms with E-state index in [2.05, 4.69) is 9.88 Å². The number of amides is 1. The first-order chi connectivity index (χ1) is 15.4. The van der Waals surface area contributed by atoms with E-state index in [1.165, 1.54) is 32.4 Å². The number of ether oxygens (including phenoxy) is 2. The molecule has 1 saturated heterocycles. The fraction of sp³-hybridized carbons (Fsp3) is 0.364. The largest absolute Gasteiger partial charge is 0.493 e. The lowest BCUT2D eigenvalue weighted by Crippen LogP contribution is -2.35. The Morgan fingerprint density at radius 3 is 2.53 bits per heavy atom. The van der Waals surface area contributed by atoms with E-state index in [0.29, 0.717) is 41.1 Å². The van der Waals surface area contributed by atoms with Gasteiger partial charge < -0.3 is 18.9 Å². The Morgan fingerprint density at radius 2 is 1.81 bits per heavy atom. The number of piperidine rings is 1. The van der Waals surface area contributed by atoms with Gasteiger partial charge in [-0.3, -0.25) is 4.79 Å². The second-order valence-corrected chi connectivity index (χ2v) is 9.32. The Labute approximate surface area is 186 Å². The molecule has 10 heteroatoms. The third-order valence-electron chi connectivity index (χ3n) is 5.51. The SMILES string of the molecule is COc1ccc(CNS(=O)(=O)c2ccc3onc(C(=O)N4CCCCC4)c3c2)cc1OC. The Kier molecular flexibility index (Phi) is 6.33. The van der Waals surface area contributed by atoms with Crippen LogP contribution in [0.25, 0.3) is 11.0 Å². The summed E-state index contributed by atoms with van der Waals surface area (Å²) in [5.41, 5.74) is 1.21. The van der Waals surface area contributed by atoms with E-state index in [1.54, 1.807) is 23.1 Å². The zero-order valence-corrected chi connectivity index (χ0v) is 18.8. The normalized spacial score (nSPS) is 14.5. The lowest BCUT2D eigenvalue weighted by atomic mass is 10.1. The van der Waals surface area contributed by atoms with Crippen LogP contribution in [0.4, 0.5) is 0 Å². The van der Waals surface area contributed by atoms with E-state index in [4.69, 9.17) is 14.0 Å². The number of sulfonamides is 1. The van der Waals surface area contributed by atoms with Gasteiger partial charge in [-0.2, -0.15) is 0 Å². The van der Waals surface area contributed by atoms with Gasteiger partial charge in [-0.1, -0.05) is 11.2 Å². The molecule has 1 aromatic heterocycles. The van der Waals surface area contributed by atoms with Crippen LogP contribution in [0.2, 0.25) is 0 Å². The molecule has 1 N–H and O–H groups in total. The molecule has 0 bridgehead atoms. The summed E-state index contributed by atoms with van der Waals surface area (Å²) in [5, 5.41) is 4.30. The third kappa shape index (κ3) is 4.42. The van der Waals surface area contributed by atoms with Crippen LogP contribution in [-0.2, 0) is 16.6 Å². The number of rotatable bonds is 7. The van der Waals surface area contributed by atoms with Gasteiger partial charge in [0.1, 0.15) is 0 Å². The van der Waals surface area contributed by atoms with Crippen LogP contribution in [0, 0.1) is 0 Å². The summed E-state index contributed by atoms with van der Waals surface area (Å²) in [6, 6.07) is 9.55. The third-order valence-corrected chi connectivity index (χ3v) is 6.91. The van der Waals surface area contributed by atoms with Crippen molar-refractivity contribution < 1.29 is 27.2 Å². The summed E-state index contributed by atoms with van der Waals surface area (Å²) in [7, 11) is -0.797. The highest BCUT2D eigenvalue weighted by Gasteiger charge is 2.25. The van der Waals surface area contributed by atoms with Crippen LogP contribution in [-0.4, -0.2) is 51.7 Å². The molecule has 0 atom stereocenters. The minimum Gasteiger partial charge on any atom is -0.493 e. The molecule has 170 valence electrons. The van der Waals surface area contributed by atoms with Crippen LogP contribution in [0.15, 0.2) is 45.8 Å². The van der Waals surface area contributed by atoms with Crippen molar-refractivity contribution in [1.82, 2.24) is 14.8 Å². The highest BCUT2D eigenvalue weighted by atomic mass is 32.2. The number of nitrogens with zero attached hydrogens (tertiary/aromatic N) is 2. The van der Waals surface area contributed by atoms with Crippen molar-refractivity contribution in [2.24, 2.45) is 0 Å². The number of benzene rings is 2. The Bertz CT molecular complexity index is 1230. The fourth-order valence-corrected chi connectivity index (χ4v) is 4.78. The highest BCUT2D eigenvalue weighted by Crippen LogP contribution is 2.28. The second kappa shape index (κ2) is 9.17. The summed E-state index contributed by atoms with van der Waals surface area (Å²) < 4.78 is 44.1. The Morgan fingerprint density at radius 1 is 1.06 bits per heavy atom. The predicted octanol–water partition coefficient (Wildman–Crippen LogP) is 2.95. The van der Waals surface area contributed by atoms with E-state index in [1.807, 2.05) is 0 Å². The van der Waals surface area contributed by atoms with Gasteiger partial charge in [0.2, 0.25) is 10.0 Å². The van der Waals surface area contributed by atoms with Crippen molar-refractivity contribution in [2.75, 3.05) is 27.3 Å². The lowest BCUT2D eigenvalue weighted by molar-refractivity contribution is 0.0715. The van der Waals surface area contributed by atoms with Crippen molar-refractivity contribution >= 4 is 26.9 Å². The van der Waals surface area contributed by atoms with Crippen LogP contribution in [0.5, 0.6) is 11.5 Å². The topological polar surface area (TPSA) is 111 Å². The quantitative estimate of drug-likeness (QED) is 0.578. The average Bonchev–Trinajstić information content (AvgIpc) is 3.26. The number of carbonyl (C=O) groups excluding carboxylic acids is 1. The van der Waals surface area contributed by atoms with E-state index in [0.717, 1.165) is 19.3 Å². The fourth-order valence-electron chi connectivity index (χ4n) is 3.74. The first kappa shape index (κ1) is 22.1. The molecule has 0 spiro atoms. The number of aromatic nitrogens is 1. The van der Waals surface area contributed by atoms with E-state index >= 15 is 0 Å². The smallest absolute Gasteiger partial charge is 0.276 e. The summed E-state index contributed by atoms with van der Waals surface area (Å²) in [6.45, 7) is 1.39. The van der Waals surface area contributed by atoms with E-state index in [9.17, 15) is 13.2 Å². The summed E-state index contributed by atoms with van der Waals surface area (Å²) in [4.78, 5) is 14.6. The summed E-state index contributed by atoms with van der Waals surface area (Å²) in [6.07, 6.45) is 2.99. The van der Waals surface area contributed by atoms with Crippen LogP contribution < -0.4 is 14.2 Å². The maximum absolute atomic E-state index is 12.9. The Hall–Kier alpha value is -3.11. The van der Waals surface area contributed by atoms with Crippen LogP contribution >= 0.6 is 0 Å². The number of carbonyl (C=O) groups is 1.